The number of benzene rings is 2. The van der Waals surface area contributed by atoms with Crippen LogP contribution in [0.2, 0.25) is 0 Å². The zero-order valence-corrected chi connectivity index (χ0v) is 16.3. The SMILES string of the molecule is COc1ccc(C=CC(=O)Nc2cccc(S(=O)(=O)N3CCOCC3)c2)cc1. The molecule has 0 bridgehead atoms. The number of hydrogen-bond acceptors (Lipinski definition) is 5. The van der Waals surface area contributed by atoms with E-state index in [0.29, 0.717) is 32.0 Å². The van der Waals surface area contributed by atoms with E-state index in [1.54, 1.807) is 37.5 Å². The number of sulfonamides is 1. The first-order valence-electron chi connectivity index (χ1n) is 8.80. The summed E-state index contributed by atoms with van der Waals surface area (Å²) in [5.74, 6) is 0.386. The van der Waals surface area contributed by atoms with Crippen molar-refractivity contribution in [3.05, 3.63) is 60.2 Å². The Morgan fingerprint density at radius 2 is 1.86 bits per heavy atom. The third-order valence-corrected chi connectivity index (χ3v) is 6.15. The van der Waals surface area contributed by atoms with Gasteiger partial charge in [-0.05, 0) is 42.0 Å². The first-order valence-corrected chi connectivity index (χ1v) is 10.2. The number of ether oxygens (including phenoxy) is 2. The molecule has 7 nitrogen and oxygen atoms in total. The molecule has 1 saturated heterocycles. The molecular weight excluding hydrogens is 380 g/mol. The van der Waals surface area contributed by atoms with E-state index in [9.17, 15) is 13.2 Å². The highest BCUT2D eigenvalue weighted by Gasteiger charge is 2.26. The van der Waals surface area contributed by atoms with Crippen molar-refractivity contribution in [1.82, 2.24) is 4.31 Å². The minimum absolute atomic E-state index is 0.145. The Bertz CT molecular complexity index is 949. The van der Waals surface area contributed by atoms with Gasteiger partial charge in [-0.3, -0.25) is 4.79 Å². The first kappa shape index (κ1) is 20.1. The molecule has 0 aromatic heterocycles. The maximum absolute atomic E-state index is 12.7. The Kier molecular flexibility index (Phi) is 6.45. The number of rotatable bonds is 6. The second kappa shape index (κ2) is 9.01. The number of carbonyl (C=O) groups is 1. The molecule has 0 radical (unpaired) electrons. The highest BCUT2D eigenvalue weighted by Crippen LogP contribution is 2.20. The standard InChI is InChI=1S/C20H22N2O5S/c1-26-18-8-5-16(6-9-18)7-10-20(23)21-17-3-2-4-19(15-17)28(24,25)22-11-13-27-14-12-22/h2-10,15H,11-14H2,1H3,(H,21,23). The topological polar surface area (TPSA) is 84.9 Å². The summed E-state index contributed by atoms with van der Waals surface area (Å²) in [6, 6.07) is 13.5. The van der Waals surface area contributed by atoms with Crippen LogP contribution in [-0.4, -0.2) is 52.0 Å². The summed E-state index contributed by atoms with van der Waals surface area (Å²) >= 11 is 0. The van der Waals surface area contributed by atoms with E-state index in [4.69, 9.17) is 9.47 Å². The molecule has 0 spiro atoms. The molecule has 1 aliphatic rings. The van der Waals surface area contributed by atoms with E-state index in [1.807, 2.05) is 12.1 Å². The number of nitrogens with zero attached hydrogens (tertiary/aromatic N) is 1. The van der Waals surface area contributed by atoms with Crippen LogP contribution in [-0.2, 0) is 19.6 Å². The minimum atomic E-state index is -3.61. The number of carbonyl (C=O) groups excluding carboxylic acids is 1. The highest BCUT2D eigenvalue weighted by molar-refractivity contribution is 7.89. The van der Waals surface area contributed by atoms with Gasteiger partial charge in [-0.1, -0.05) is 18.2 Å². The lowest BCUT2D eigenvalue weighted by Gasteiger charge is -2.26. The Morgan fingerprint density at radius 1 is 1.14 bits per heavy atom. The van der Waals surface area contributed by atoms with Crippen LogP contribution in [0.15, 0.2) is 59.5 Å². The summed E-state index contributed by atoms with van der Waals surface area (Å²) < 4.78 is 37.1. The van der Waals surface area contributed by atoms with Crippen LogP contribution >= 0.6 is 0 Å². The highest BCUT2D eigenvalue weighted by atomic mass is 32.2. The second-order valence-electron chi connectivity index (χ2n) is 6.14. The summed E-state index contributed by atoms with van der Waals surface area (Å²) in [6.07, 6.45) is 3.06. The van der Waals surface area contributed by atoms with Crippen molar-refractivity contribution < 1.29 is 22.7 Å². The van der Waals surface area contributed by atoms with Gasteiger partial charge in [-0.2, -0.15) is 4.31 Å². The lowest BCUT2D eigenvalue weighted by Crippen LogP contribution is -2.40. The maximum Gasteiger partial charge on any atom is 0.248 e. The number of nitrogens with one attached hydrogen (secondary N) is 1. The molecule has 0 unspecified atom stereocenters. The zero-order chi connectivity index (χ0) is 20.0. The van der Waals surface area contributed by atoms with Crippen LogP contribution in [0.4, 0.5) is 5.69 Å². The van der Waals surface area contributed by atoms with Crippen molar-refractivity contribution in [1.29, 1.82) is 0 Å². The predicted octanol–water partition coefficient (Wildman–Crippen LogP) is 2.37. The van der Waals surface area contributed by atoms with Crippen LogP contribution < -0.4 is 10.1 Å². The van der Waals surface area contributed by atoms with Crippen LogP contribution in [0.3, 0.4) is 0 Å². The van der Waals surface area contributed by atoms with Gasteiger partial charge in [0.2, 0.25) is 15.9 Å². The quantitative estimate of drug-likeness (QED) is 0.750. The van der Waals surface area contributed by atoms with Crippen molar-refractivity contribution in [3.63, 3.8) is 0 Å². The lowest BCUT2D eigenvalue weighted by atomic mass is 10.2. The molecule has 2 aromatic carbocycles. The average Bonchev–Trinajstić information content (AvgIpc) is 2.73. The van der Waals surface area contributed by atoms with Crippen LogP contribution in [0, 0.1) is 0 Å². The van der Waals surface area contributed by atoms with Crippen molar-refractivity contribution in [2.45, 2.75) is 4.90 Å². The van der Waals surface area contributed by atoms with Gasteiger partial charge in [0.25, 0.3) is 0 Å². The Morgan fingerprint density at radius 3 is 2.54 bits per heavy atom. The predicted molar refractivity (Wildman–Crippen MR) is 107 cm³/mol. The third-order valence-electron chi connectivity index (χ3n) is 4.25. The Balaban J connectivity index is 1.68. The van der Waals surface area contributed by atoms with Crippen LogP contribution in [0.5, 0.6) is 5.75 Å². The summed E-state index contributed by atoms with van der Waals surface area (Å²) in [4.78, 5) is 12.3. The molecule has 0 aliphatic carbocycles. The van der Waals surface area contributed by atoms with E-state index >= 15 is 0 Å². The molecule has 148 valence electrons. The second-order valence-corrected chi connectivity index (χ2v) is 8.08. The van der Waals surface area contributed by atoms with Crippen LogP contribution in [0.1, 0.15) is 5.56 Å². The molecule has 0 atom stereocenters. The van der Waals surface area contributed by atoms with E-state index < -0.39 is 10.0 Å². The molecule has 8 heteroatoms. The maximum atomic E-state index is 12.7. The van der Waals surface area contributed by atoms with Gasteiger partial charge in [0.15, 0.2) is 0 Å². The van der Waals surface area contributed by atoms with Gasteiger partial charge in [-0.15, -0.1) is 0 Å². The van der Waals surface area contributed by atoms with Crippen LogP contribution in [0.25, 0.3) is 6.08 Å². The lowest BCUT2D eigenvalue weighted by molar-refractivity contribution is -0.111. The van der Waals surface area contributed by atoms with E-state index in [-0.39, 0.29) is 10.8 Å². The van der Waals surface area contributed by atoms with Gasteiger partial charge in [0.1, 0.15) is 5.75 Å². The van der Waals surface area contributed by atoms with E-state index in [2.05, 4.69) is 5.32 Å². The summed E-state index contributed by atoms with van der Waals surface area (Å²) in [5.41, 5.74) is 1.26. The molecule has 2 aromatic rings. The smallest absolute Gasteiger partial charge is 0.248 e. The molecule has 1 fully saturated rings. The van der Waals surface area contributed by atoms with Gasteiger partial charge < -0.3 is 14.8 Å². The molecule has 1 amide bonds. The summed E-state index contributed by atoms with van der Waals surface area (Å²) in [5, 5.41) is 2.69. The number of methoxy groups -OCH3 is 1. The largest absolute Gasteiger partial charge is 0.497 e. The fourth-order valence-electron chi connectivity index (χ4n) is 2.74. The molecular formula is C20H22N2O5S. The Labute approximate surface area is 164 Å². The molecule has 28 heavy (non-hydrogen) atoms. The summed E-state index contributed by atoms with van der Waals surface area (Å²) in [6.45, 7) is 1.41. The molecule has 1 N–H and O–H groups in total. The first-order chi connectivity index (χ1) is 13.5. The zero-order valence-electron chi connectivity index (χ0n) is 15.5. The Hall–Kier alpha value is -2.68. The number of hydrogen-bond donors (Lipinski definition) is 1. The number of morpholine rings is 1. The van der Waals surface area contributed by atoms with Gasteiger partial charge in [0.05, 0.1) is 25.2 Å². The minimum Gasteiger partial charge on any atom is -0.497 e. The molecule has 1 aliphatic heterocycles. The van der Waals surface area contributed by atoms with Gasteiger partial charge >= 0.3 is 0 Å². The number of amides is 1. The van der Waals surface area contributed by atoms with Crippen molar-refractivity contribution in [2.75, 3.05) is 38.7 Å². The molecule has 0 saturated carbocycles. The normalized spacial score (nSPS) is 15.5. The fourth-order valence-corrected chi connectivity index (χ4v) is 4.20. The summed E-state index contributed by atoms with van der Waals surface area (Å²) in [7, 11) is -2.02. The fraction of sp³-hybridized carbons (Fsp3) is 0.250. The van der Waals surface area contributed by atoms with Crippen molar-refractivity contribution in [2.24, 2.45) is 0 Å². The number of anilines is 1. The van der Waals surface area contributed by atoms with Crippen molar-refractivity contribution in [3.8, 4) is 5.75 Å². The van der Waals surface area contributed by atoms with E-state index in [1.165, 1.54) is 22.5 Å². The van der Waals surface area contributed by atoms with Gasteiger partial charge in [-0.25, -0.2) is 8.42 Å². The average molecular weight is 402 g/mol. The molecule has 1 heterocycles. The van der Waals surface area contributed by atoms with Crippen molar-refractivity contribution >= 4 is 27.7 Å². The monoisotopic (exact) mass is 402 g/mol. The van der Waals surface area contributed by atoms with Gasteiger partial charge in [0, 0.05) is 24.9 Å². The third kappa shape index (κ3) is 4.98. The van der Waals surface area contributed by atoms with E-state index in [0.717, 1.165) is 11.3 Å². The molecule has 3 rings (SSSR count).